The molecule has 0 saturated heterocycles. The number of rotatable bonds is 3. The van der Waals surface area contributed by atoms with Crippen LogP contribution in [0.3, 0.4) is 0 Å². The standard InChI is InChI=1S/C16H18BrNO2/c17-11-16(8-4-1-5-9-16)18-15(19)14-10-12-6-2-3-7-13(12)20-14/h2-3,6-7,10H,1,4-5,8-9,11H2,(H,18,19). The second-order valence-corrected chi connectivity index (χ2v) is 6.14. The van der Waals surface area contributed by atoms with Crippen LogP contribution in [0.1, 0.15) is 42.7 Å². The van der Waals surface area contributed by atoms with Gasteiger partial charge in [0.05, 0.1) is 5.54 Å². The number of furan rings is 1. The summed E-state index contributed by atoms with van der Waals surface area (Å²) in [5.41, 5.74) is 0.642. The van der Waals surface area contributed by atoms with Crippen LogP contribution in [0.15, 0.2) is 34.7 Å². The Morgan fingerprint density at radius 1 is 1.25 bits per heavy atom. The summed E-state index contributed by atoms with van der Waals surface area (Å²) >= 11 is 3.56. The molecule has 1 N–H and O–H groups in total. The van der Waals surface area contributed by atoms with Gasteiger partial charge in [-0.3, -0.25) is 4.79 Å². The molecule has 1 aliphatic rings. The van der Waals surface area contributed by atoms with E-state index in [0.29, 0.717) is 5.76 Å². The van der Waals surface area contributed by atoms with Crippen LogP contribution in [-0.2, 0) is 0 Å². The van der Waals surface area contributed by atoms with E-state index in [2.05, 4.69) is 21.2 Å². The molecule has 0 aliphatic heterocycles. The first kappa shape index (κ1) is 13.7. The predicted molar refractivity (Wildman–Crippen MR) is 83.3 cm³/mol. The zero-order valence-electron chi connectivity index (χ0n) is 11.3. The molecule has 0 spiro atoms. The van der Waals surface area contributed by atoms with E-state index in [4.69, 9.17) is 4.42 Å². The first-order chi connectivity index (χ1) is 9.72. The van der Waals surface area contributed by atoms with Crippen molar-refractivity contribution in [1.29, 1.82) is 0 Å². The molecule has 4 heteroatoms. The van der Waals surface area contributed by atoms with Crippen LogP contribution in [0.5, 0.6) is 0 Å². The average molecular weight is 336 g/mol. The number of para-hydroxylation sites is 1. The van der Waals surface area contributed by atoms with Gasteiger partial charge in [-0.1, -0.05) is 53.4 Å². The second-order valence-electron chi connectivity index (χ2n) is 5.58. The molecule has 0 atom stereocenters. The highest BCUT2D eigenvalue weighted by Gasteiger charge is 2.33. The molecule has 0 bridgehead atoms. The molecule has 106 valence electrons. The third kappa shape index (κ3) is 2.62. The quantitative estimate of drug-likeness (QED) is 0.851. The molecule has 0 unspecified atom stereocenters. The maximum atomic E-state index is 12.4. The highest BCUT2D eigenvalue weighted by atomic mass is 79.9. The van der Waals surface area contributed by atoms with Gasteiger partial charge in [-0.15, -0.1) is 0 Å². The number of benzene rings is 1. The van der Waals surface area contributed by atoms with Gasteiger partial charge in [0, 0.05) is 10.7 Å². The maximum Gasteiger partial charge on any atom is 0.287 e. The Bertz CT molecular complexity index is 581. The molecule has 1 amide bonds. The summed E-state index contributed by atoms with van der Waals surface area (Å²) in [5, 5.41) is 4.94. The molecule has 0 radical (unpaired) electrons. The van der Waals surface area contributed by atoms with Crippen molar-refractivity contribution < 1.29 is 9.21 Å². The van der Waals surface area contributed by atoms with Crippen LogP contribution in [0.4, 0.5) is 0 Å². The van der Waals surface area contributed by atoms with E-state index < -0.39 is 0 Å². The fourth-order valence-electron chi connectivity index (χ4n) is 2.92. The lowest BCUT2D eigenvalue weighted by Crippen LogP contribution is -2.51. The van der Waals surface area contributed by atoms with Crippen molar-refractivity contribution in [1.82, 2.24) is 5.32 Å². The summed E-state index contributed by atoms with van der Waals surface area (Å²) in [7, 11) is 0. The van der Waals surface area contributed by atoms with E-state index in [1.165, 1.54) is 19.3 Å². The molecule has 3 nitrogen and oxygen atoms in total. The van der Waals surface area contributed by atoms with E-state index in [-0.39, 0.29) is 11.4 Å². The van der Waals surface area contributed by atoms with Gasteiger partial charge < -0.3 is 9.73 Å². The Morgan fingerprint density at radius 3 is 2.70 bits per heavy atom. The summed E-state index contributed by atoms with van der Waals surface area (Å²) in [6.07, 6.45) is 5.67. The Kier molecular flexibility index (Phi) is 3.83. The molecule has 1 saturated carbocycles. The third-order valence-electron chi connectivity index (χ3n) is 4.09. The third-order valence-corrected chi connectivity index (χ3v) is 5.17. The number of hydrogen-bond donors (Lipinski definition) is 1. The van der Waals surface area contributed by atoms with Crippen molar-refractivity contribution in [2.24, 2.45) is 0 Å². The molecular weight excluding hydrogens is 318 g/mol. The SMILES string of the molecule is O=C(NC1(CBr)CCCCC1)c1cc2ccccc2o1. The topological polar surface area (TPSA) is 42.2 Å². The van der Waals surface area contributed by atoms with Crippen LogP contribution >= 0.6 is 15.9 Å². The van der Waals surface area contributed by atoms with Gasteiger partial charge in [0.2, 0.25) is 0 Å². The molecule has 1 aliphatic carbocycles. The fourth-order valence-corrected chi connectivity index (χ4v) is 3.62. The highest BCUT2D eigenvalue weighted by Crippen LogP contribution is 2.30. The number of hydrogen-bond acceptors (Lipinski definition) is 2. The van der Waals surface area contributed by atoms with Gasteiger partial charge in [0.25, 0.3) is 5.91 Å². The van der Waals surface area contributed by atoms with Gasteiger partial charge in [-0.05, 0) is 25.0 Å². The fraction of sp³-hybridized carbons (Fsp3) is 0.438. The number of nitrogens with one attached hydrogen (secondary N) is 1. The van der Waals surface area contributed by atoms with Crippen molar-refractivity contribution in [3.63, 3.8) is 0 Å². The first-order valence-electron chi connectivity index (χ1n) is 7.09. The van der Waals surface area contributed by atoms with E-state index in [1.807, 2.05) is 30.3 Å². The van der Waals surface area contributed by atoms with E-state index in [0.717, 1.165) is 29.1 Å². The average Bonchev–Trinajstić information content (AvgIpc) is 2.92. The van der Waals surface area contributed by atoms with Gasteiger partial charge >= 0.3 is 0 Å². The summed E-state index contributed by atoms with van der Waals surface area (Å²) in [5.74, 6) is 0.291. The lowest BCUT2D eigenvalue weighted by Gasteiger charge is -2.36. The van der Waals surface area contributed by atoms with Crippen molar-refractivity contribution >= 4 is 32.8 Å². The number of halogens is 1. The van der Waals surface area contributed by atoms with Gasteiger partial charge in [-0.25, -0.2) is 0 Å². The minimum atomic E-state index is -0.117. The monoisotopic (exact) mass is 335 g/mol. The molecule has 3 rings (SSSR count). The predicted octanol–water partition coefficient (Wildman–Crippen LogP) is 4.26. The molecular formula is C16H18BrNO2. The van der Waals surface area contributed by atoms with Crippen LogP contribution in [0.25, 0.3) is 11.0 Å². The molecule has 2 aromatic rings. The van der Waals surface area contributed by atoms with Crippen molar-refractivity contribution in [3.8, 4) is 0 Å². The largest absolute Gasteiger partial charge is 0.451 e. The second kappa shape index (κ2) is 5.60. The zero-order valence-corrected chi connectivity index (χ0v) is 12.9. The van der Waals surface area contributed by atoms with Gasteiger partial charge in [0.15, 0.2) is 5.76 Å². The molecule has 20 heavy (non-hydrogen) atoms. The minimum absolute atomic E-state index is 0.109. The Hall–Kier alpha value is -1.29. The Morgan fingerprint density at radius 2 is 2.00 bits per heavy atom. The van der Waals surface area contributed by atoms with Crippen LogP contribution in [0, 0.1) is 0 Å². The number of alkyl halides is 1. The normalized spacial score (nSPS) is 18.1. The molecule has 1 aromatic carbocycles. The van der Waals surface area contributed by atoms with Crippen LogP contribution in [-0.4, -0.2) is 16.8 Å². The lowest BCUT2D eigenvalue weighted by atomic mass is 9.83. The summed E-state index contributed by atoms with van der Waals surface area (Å²) in [6, 6.07) is 9.51. The summed E-state index contributed by atoms with van der Waals surface area (Å²) < 4.78 is 5.63. The first-order valence-corrected chi connectivity index (χ1v) is 8.22. The van der Waals surface area contributed by atoms with Crippen molar-refractivity contribution in [3.05, 3.63) is 36.1 Å². The van der Waals surface area contributed by atoms with Crippen LogP contribution in [0.2, 0.25) is 0 Å². The maximum absolute atomic E-state index is 12.4. The van der Waals surface area contributed by atoms with Gasteiger partial charge in [0.1, 0.15) is 5.58 Å². The molecule has 1 fully saturated rings. The van der Waals surface area contributed by atoms with Gasteiger partial charge in [-0.2, -0.15) is 0 Å². The smallest absolute Gasteiger partial charge is 0.287 e. The molecule has 1 aromatic heterocycles. The zero-order chi connectivity index (χ0) is 14.0. The number of carbonyl (C=O) groups is 1. The highest BCUT2D eigenvalue weighted by molar-refractivity contribution is 9.09. The Labute approximate surface area is 126 Å². The summed E-state index contributed by atoms with van der Waals surface area (Å²) in [4.78, 5) is 12.4. The van der Waals surface area contributed by atoms with E-state index >= 15 is 0 Å². The number of carbonyl (C=O) groups excluding carboxylic acids is 1. The number of amides is 1. The van der Waals surface area contributed by atoms with E-state index in [1.54, 1.807) is 0 Å². The van der Waals surface area contributed by atoms with Crippen molar-refractivity contribution in [2.45, 2.75) is 37.6 Å². The minimum Gasteiger partial charge on any atom is -0.451 e. The Balaban J connectivity index is 1.81. The van der Waals surface area contributed by atoms with Crippen LogP contribution < -0.4 is 5.32 Å². The molecule has 1 heterocycles. The van der Waals surface area contributed by atoms with Crippen molar-refractivity contribution in [2.75, 3.05) is 5.33 Å². The van der Waals surface area contributed by atoms with E-state index in [9.17, 15) is 4.79 Å². The summed E-state index contributed by atoms with van der Waals surface area (Å²) in [6.45, 7) is 0. The number of fused-ring (bicyclic) bond motifs is 1. The lowest BCUT2D eigenvalue weighted by molar-refractivity contribution is 0.0860.